The maximum atomic E-state index is 8.56. The molecule has 0 fully saturated rings. The number of carbonyl (C=O) groups is 1. The van der Waals surface area contributed by atoms with Crippen LogP contribution in [-0.4, -0.2) is 51.0 Å². The van der Waals surface area contributed by atoms with E-state index in [9.17, 15) is 0 Å². The molecule has 0 unspecified atom stereocenters. The van der Waals surface area contributed by atoms with Crippen molar-refractivity contribution in [1.29, 1.82) is 0 Å². The van der Waals surface area contributed by atoms with Gasteiger partial charge in [-0.3, -0.25) is 0 Å². The van der Waals surface area contributed by atoms with E-state index in [1.165, 1.54) is 0 Å². The fourth-order valence-electron chi connectivity index (χ4n) is 0.0577. The van der Waals surface area contributed by atoms with Crippen molar-refractivity contribution in [2.24, 2.45) is 0 Å². The summed E-state index contributed by atoms with van der Waals surface area (Å²) < 4.78 is 0. The standard InChI is InChI=1S/C3H8O3.CH2O3.K.H/c4-1-3(6)2-5;2-1(3)4;;/h3-6H,1-2H2;(H2,2,3,4);;/q;;+1;-1. The number of rotatable bonds is 2. The zero-order chi connectivity index (χ0) is 8.57. The molecule has 0 radical (unpaired) electrons. The van der Waals surface area contributed by atoms with Gasteiger partial charge in [0.15, 0.2) is 0 Å². The first-order valence-corrected chi connectivity index (χ1v) is 2.36. The Morgan fingerprint density at radius 3 is 1.45 bits per heavy atom. The van der Waals surface area contributed by atoms with Crippen molar-refractivity contribution >= 4 is 6.16 Å². The first kappa shape index (κ1) is 17.8. The van der Waals surface area contributed by atoms with E-state index in [-0.39, 0.29) is 66.0 Å². The summed E-state index contributed by atoms with van der Waals surface area (Å²) in [5.74, 6) is 0. The fourth-order valence-corrected chi connectivity index (χ4v) is 0.0577. The SMILES string of the molecule is O=C(O)O.OCC(O)CO.[H-].[K+]. The molecule has 0 aromatic rings. The summed E-state index contributed by atoms with van der Waals surface area (Å²) in [4.78, 5) is 8.56. The minimum absolute atomic E-state index is 0. The van der Waals surface area contributed by atoms with Gasteiger partial charge >= 0.3 is 57.5 Å². The number of aliphatic hydroxyl groups is 3. The molecule has 0 atom stereocenters. The Morgan fingerprint density at radius 1 is 1.27 bits per heavy atom. The molecule has 7 heteroatoms. The van der Waals surface area contributed by atoms with E-state index in [0.29, 0.717) is 0 Å². The molecule has 64 valence electrons. The maximum Gasteiger partial charge on any atom is 1.00 e. The molecular formula is C4H11KO6. The molecule has 0 saturated heterocycles. The van der Waals surface area contributed by atoms with Gasteiger partial charge in [0.2, 0.25) is 0 Å². The first-order chi connectivity index (χ1) is 4.54. The van der Waals surface area contributed by atoms with Crippen LogP contribution in [0, 0.1) is 0 Å². The van der Waals surface area contributed by atoms with Crippen LogP contribution < -0.4 is 51.4 Å². The van der Waals surface area contributed by atoms with Crippen molar-refractivity contribution in [3.05, 3.63) is 0 Å². The Kier molecular flexibility index (Phi) is 21.6. The van der Waals surface area contributed by atoms with E-state index < -0.39 is 12.3 Å². The van der Waals surface area contributed by atoms with Gasteiger partial charge in [-0.1, -0.05) is 0 Å². The molecule has 0 aromatic carbocycles. The second-order valence-electron chi connectivity index (χ2n) is 1.30. The van der Waals surface area contributed by atoms with Crippen LogP contribution >= 0.6 is 0 Å². The smallest absolute Gasteiger partial charge is 1.00 e. The van der Waals surface area contributed by atoms with E-state index in [0.717, 1.165) is 0 Å². The zero-order valence-corrected chi connectivity index (χ0v) is 9.26. The average molecular weight is 194 g/mol. The number of hydrogen-bond donors (Lipinski definition) is 5. The molecule has 0 bridgehead atoms. The summed E-state index contributed by atoms with van der Waals surface area (Å²) in [7, 11) is 0. The van der Waals surface area contributed by atoms with Crippen LogP contribution in [0.2, 0.25) is 0 Å². The second-order valence-corrected chi connectivity index (χ2v) is 1.30. The molecule has 5 N–H and O–H groups in total. The van der Waals surface area contributed by atoms with Crippen LogP contribution in [0.15, 0.2) is 0 Å². The van der Waals surface area contributed by atoms with Gasteiger partial charge in [0.05, 0.1) is 13.2 Å². The predicted octanol–water partition coefficient (Wildman–Crippen LogP) is -4.33. The third-order valence-electron chi connectivity index (χ3n) is 0.421. The molecule has 6 nitrogen and oxygen atoms in total. The van der Waals surface area contributed by atoms with Crippen LogP contribution in [0.1, 0.15) is 1.43 Å². The molecule has 0 amide bonds. The summed E-state index contributed by atoms with van der Waals surface area (Å²) in [6.45, 7) is -0.729. The van der Waals surface area contributed by atoms with Crippen molar-refractivity contribution in [1.82, 2.24) is 0 Å². The van der Waals surface area contributed by atoms with Crippen molar-refractivity contribution in [3.63, 3.8) is 0 Å². The predicted molar refractivity (Wildman–Crippen MR) is 31.9 cm³/mol. The molecule has 0 aromatic heterocycles. The molecule has 0 saturated carbocycles. The molecule has 0 aliphatic heterocycles. The Bertz CT molecular complexity index is 83.6. The molecule has 0 heterocycles. The number of aliphatic hydroxyl groups excluding tert-OH is 3. The number of hydrogen-bond acceptors (Lipinski definition) is 4. The summed E-state index contributed by atoms with van der Waals surface area (Å²) in [5.41, 5.74) is 0. The van der Waals surface area contributed by atoms with Crippen molar-refractivity contribution in [2.45, 2.75) is 6.10 Å². The van der Waals surface area contributed by atoms with Crippen molar-refractivity contribution in [2.75, 3.05) is 13.2 Å². The third-order valence-corrected chi connectivity index (χ3v) is 0.421. The maximum absolute atomic E-state index is 8.56. The number of carboxylic acid groups (broad SMARTS) is 2. The first-order valence-electron chi connectivity index (χ1n) is 2.36. The van der Waals surface area contributed by atoms with Gasteiger partial charge in [-0.2, -0.15) is 0 Å². The van der Waals surface area contributed by atoms with Gasteiger partial charge in [-0.05, 0) is 0 Å². The van der Waals surface area contributed by atoms with E-state index in [1.54, 1.807) is 0 Å². The van der Waals surface area contributed by atoms with Crippen LogP contribution in [0.3, 0.4) is 0 Å². The van der Waals surface area contributed by atoms with E-state index in [2.05, 4.69) is 0 Å². The Labute approximate surface area is 107 Å². The Balaban J connectivity index is -0.0000000483. The quantitative estimate of drug-likeness (QED) is 0.284. The molecular weight excluding hydrogens is 183 g/mol. The summed E-state index contributed by atoms with van der Waals surface area (Å²) >= 11 is 0. The Hall–Kier alpha value is 0.786. The van der Waals surface area contributed by atoms with Gasteiger partial charge < -0.3 is 27.0 Å². The van der Waals surface area contributed by atoms with Gasteiger partial charge in [0.1, 0.15) is 6.10 Å². The Morgan fingerprint density at radius 2 is 1.45 bits per heavy atom. The van der Waals surface area contributed by atoms with E-state index in [4.69, 9.17) is 30.3 Å². The van der Waals surface area contributed by atoms with Crippen LogP contribution in [0.5, 0.6) is 0 Å². The van der Waals surface area contributed by atoms with Gasteiger partial charge in [0.25, 0.3) is 0 Å². The minimum atomic E-state index is -1.83. The largest absolute Gasteiger partial charge is 1.00 e. The van der Waals surface area contributed by atoms with Gasteiger partial charge in [-0.15, -0.1) is 0 Å². The third kappa shape index (κ3) is 36.3. The molecule has 0 aliphatic rings. The topological polar surface area (TPSA) is 118 Å². The van der Waals surface area contributed by atoms with Gasteiger partial charge in [0, 0.05) is 0 Å². The van der Waals surface area contributed by atoms with Gasteiger partial charge in [-0.25, -0.2) is 4.79 Å². The summed E-state index contributed by atoms with van der Waals surface area (Å²) in [6, 6.07) is 0. The molecule has 0 spiro atoms. The van der Waals surface area contributed by atoms with Crippen LogP contribution in [0.25, 0.3) is 0 Å². The monoisotopic (exact) mass is 194 g/mol. The zero-order valence-electron chi connectivity index (χ0n) is 7.14. The minimum Gasteiger partial charge on any atom is -1.00 e. The van der Waals surface area contributed by atoms with Crippen LogP contribution in [-0.2, 0) is 0 Å². The normalized spacial score (nSPS) is 7.64. The average Bonchev–Trinajstić information content (AvgIpc) is 1.85. The summed E-state index contributed by atoms with van der Waals surface area (Å²) in [6.07, 6.45) is -2.79. The fraction of sp³-hybridized carbons (Fsp3) is 0.750. The van der Waals surface area contributed by atoms with Crippen molar-refractivity contribution < 1.29 is 83.1 Å². The van der Waals surface area contributed by atoms with Crippen LogP contribution in [0.4, 0.5) is 4.79 Å². The second kappa shape index (κ2) is 13.4. The van der Waals surface area contributed by atoms with Crippen molar-refractivity contribution in [3.8, 4) is 0 Å². The van der Waals surface area contributed by atoms with E-state index in [1.807, 2.05) is 0 Å². The van der Waals surface area contributed by atoms with E-state index >= 15 is 0 Å². The molecule has 0 aliphatic carbocycles. The summed E-state index contributed by atoms with van der Waals surface area (Å²) in [5, 5.41) is 38.0. The molecule has 11 heavy (non-hydrogen) atoms. The molecule has 0 rings (SSSR count).